The van der Waals surface area contributed by atoms with Crippen molar-refractivity contribution in [3.63, 3.8) is 0 Å². The van der Waals surface area contributed by atoms with Crippen LogP contribution in [0.25, 0.3) is 11.1 Å². The Balaban J connectivity index is 1.85. The number of hydrogen-bond donors (Lipinski definition) is 0. The molecule has 3 aromatic carbocycles. The first-order valence-corrected chi connectivity index (χ1v) is 7.64. The molecule has 0 amide bonds. The number of rotatable bonds is 4. The van der Waals surface area contributed by atoms with Crippen LogP contribution in [0.5, 0.6) is 5.75 Å². The summed E-state index contributed by atoms with van der Waals surface area (Å²) >= 11 is 3.55. The van der Waals surface area contributed by atoms with Crippen LogP contribution in [-0.4, -0.2) is 0 Å². The number of hydrogen-bond acceptors (Lipinski definition) is 1. The summed E-state index contributed by atoms with van der Waals surface area (Å²) < 4.78 is 7.10. The molecule has 3 aromatic rings. The van der Waals surface area contributed by atoms with Gasteiger partial charge in [-0.3, -0.25) is 0 Å². The molecule has 104 valence electrons. The highest BCUT2D eigenvalue weighted by molar-refractivity contribution is 9.10. The molecule has 0 spiro atoms. The van der Waals surface area contributed by atoms with Gasteiger partial charge in [0, 0.05) is 15.6 Å². The minimum absolute atomic E-state index is 0.547. The second-order valence-electron chi connectivity index (χ2n) is 4.74. The SMILES string of the molecule is Brc1ccccc1COc1ccccc1-c1ccccc1. The van der Waals surface area contributed by atoms with Crippen LogP contribution in [-0.2, 0) is 6.61 Å². The smallest absolute Gasteiger partial charge is 0.127 e. The van der Waals surface area contributed by atoms with Gasteiger partial charge < -0.3 is 4.74 Å². The van der Waals surface area contributed by atoms with Crippen molar-refractivity contribution in [2.75, 3.05) is 0 Å². The van der Waals surface area contributed by atoms with Crippen LogP contribution in [0.3, 0.4) is 0 Å². The van der Waals surface area contributed by atoms with E-state index in [0.717, 1.165) is 21.3 Å². The molecule has 0 fully saturated rings. The molecule has 0 aliphatic heterocycles. The maximum Gasteiger partial charge on any atom is 0.127 e. The molecule has 21 heavy (non-hydrogen) atoms. The van der Waals surface area contributed by atoms with Gasteiger partial charge in [0.25, 0.3) is 0 Å². The quantitative estimate of drug-likeness (QED) is 0.593. The van der Waals surface area contributed by atoms with E-state index in [1.807, 2.05) is 54.6 Å². The Kier molecular flexibility index (Phi) is 4.37. The van der Waals surface area contributed by atoms with E-state index in [4.69, 9.17) is 4.74 Å². The minimum Gasteiger partial charge on any atom is -0.488 e. The molecule has 3 rings (SSSR count). The van der Waals surface area contributed by atoms with Crippen molar-refractivity contribution in [2.24, 2.45) is 0 Å². The van der Waals surface area contributed by atoms with E-state index < -0.39 is 0 Å². The summed E-state index contributed by atoms with van der Waals surface area (Å²) in [6.45, 7) is 0.547. The number of benzene rings is 3. The molecule has 1 nitrogen and oxygen atoms in total. The number of para-hydroxylation sites is 1. The van der Waals surface area contributed by atoms with Gasteiger partial charge in [0.2, 0.25) is 0 Å². The molecule has 0 unspecified atom stereocenters. The van der Waals surface area contributed by atoms with Gasteiger partial charge in [0.15, 0.2) is 0 Å². The van der Waals surface area contributed by atoms with E-state index in [0.29, 0.717) is 6.61 Å². The summed E-state index contributed by atoms with van der Waals surface area (Å²) in [4.78, 5) is 0. The molecule has 0 saturated carbocycles. The number of ether oxygens (including phenoxy) is 1. The lowest BCUT2D eigenvalue weighted by molar-refractivity contribution is 0.307. The van der Waals surface area contributed by atoms with Crippen LogP contribution in [0.15, 0.2) is 83.3 Å². The Hall–Kier alpha value is -2.06. The van der Waals surface area contributed by atoms with Crippen molar-refractivity contribution in [3.05, 3.63) is 88.9 Å². The Bertz CT molecular complexity index is 722. The lowest BCUT2D eigenvalue weighted by Gasteiger charge is -2.12. The molecule has 0 atom stereocenters. The van der Waals surface area contributed by atoms with Crippen molar-refractivity contribution < 1.29 is 4.74 Å². The van der Waals surface area contributed by atoms with E-state index in [1.165, 1.54) is 5.56 Å². The van der Waals surface area contributed by atoms with Gasteiger partial charge in [-0.25, -0.2) is 0 Å². The van der Waals surface area contributed by atoms with E-state index in [9.17, 15) is 0 Å². The standard InChI is InChI=1S/C19H15BrO/c20-18-12-6-4-10-16(18)14-21-19-13-7-5-11-17(19)15-8-2-1-3-9-15/h1-13H,14H2. The summed E-state index contributed by atoms with van der Waals surface area (Å²) in [5.41, 5.74) is 3.42. The van der Waals surface area contributed by atoms with Gasteiger partial charge in [-0.05, 0) is 17.7 Å². The molecule has 0 heterocycles. The Morgan fingerprint density at radius 2 is 1.38 bits per heavy atom. The topological polar surface area (TPSA) is 9.23 Å². The molecule has 0 saturated heterocycles. The highest BCUT2D eigenvalue weighted by Gasteiger charge is 2.06. The van der Waals surface area contributed by atoms with E-state index in [1.54, 1.807) is 0 Å². The third kappa shape index (κ3) is 3.34. The normalized spacial score (nSPS) is 10.3. The van der Waals surface area contributed by atoms with Gasteiger partial charge in [0.05, 0.1) is 0 Å². The largest absolute Gasteiger partial charge is 0.488 e. The van der Waals surface area contributed by atoms with Gasteiger partial charge in [-0.1, -0.05) is 82.7 Å². The van der Waals surface area contributed by atoms with Gasteiger partial charge in [-0.2, -0.15) is 0 Å². The fourth-order valence-electron chi connectivity index (χ4n) is 2.22. The molecular formula is C19H15BrO. The molecular weight excluding hydrogens is 324 g/mol. The highest BCUT2D eigenvalue weighted by Crippen LogP contribution is 2.30. The fourth-order valence-corrected chi connectivity index (χ4v) is 2.62. The van der Waals surface area contributed by atoms with Crippen LogP contribution in [0.2, 0.25) is 0 Å². The Labute approximate surface area is 133 Å². The van der Waals surface area contributed by atoms with Crippen LogP contribution in [0.1, 0.15) is 5.56 Å². The van der Waals surface area contributed by atoms with Gasteiger partial charge >= 0.3 is 0 Å². The van der Waals surface area contributed by atoms with Crippen LogP contribution in [0, 0.1) is 0 Å². The monoisotopic (exact) mass is 338 g/mol. The number of halogens is 1. The summed E-state index contributed by atoms with van der Waals surface area (Å²) in [7, 11) is 0. The summed E-state index contributed by atoms with van der Waals surface area (Å²) in [6.07, 6.45) is 0. The van der Waals surface area contributed by atoms with Crippen molar-refractivity contribution >= 4 is 15.9 Å². The van der Waals surface area contributed by atoms with Gasteiger partial charge in [-0.15, -0.1) is 0 Å². The molecule has 0 aromatic heterocycles. The maximum atomic E-state index is 6.03. The van der Waals surface area contributed by atoms with Crippen molar-refractivity contribution in [1.82, 2.24) is 0 Å². The molecule has 2 heteroatoms. The third-order valence-electron chi connectivity index (χ3n) is 3.31. The second-order valence-corrected chi connectivity index (χ2v) is 5.60. The van der Waals surface area contributed by atoms with Crippen LogP contribution < -0.4 is 4.74 Å². The first kappa shape index (κ1) is 13.9. The zero-order valence-electron chi connectivity index (χ0n) is 11.5. The first-order valence-electron chi connectivity index (χ1n) is 6.85. The average molecular weight is 339 g/mol. The zero-order valence-corrected chi connectivity index (χ0v) is 13.1. The summed E-state index contributed by atoms with van der Waals surface area (Å²) in [5.74, 6) is 0.902. The predicted octanol–water partition coefficient (Wildman–Crippen LogP) is 5.70. The lowest BCUT2D eigenvalue weighted by atomic mass is 10.1. The zero-order chi connectivity index (χ0) is 14.5. The van der Waals surface area contributed by atoms with E-state index >= 15 is 0 Å². The molecule has 0 N–H and O–H groups in total. The summed E-state index contributed by atoms with van der Waals surface area (Å²) in [5, 5.41) is 0. The predicted molar refractivity (Wildman–Crippen MR) is 90.4 cm³/mol. The van der Waals surface area contributed by atoms with E-state index in [2.05, 4.69) is 40.2 Å². The molecule has 0 radical (unpaired) electrons. The average Bonchev–Trinajstić information content (AvgIpc) is 2.55. The van der Waals surface area contributed by atoms with Crippen LogP contribution in [0.4, 0.5) is 0 Å². The highest BCUT2D eigenvalue weighted by atomic mass is 79.9. The lowest BCUT2D eigenvalue weighted by Crippen LogP contribution is -1.97. The maximum absolute atomic E-state index is 6.03. The fraction of sp³-hybridized carbons (Fsp3) is 0.0526. The Morgan fingerprint density at radius 1 is 0.714 bits per heavy atom. The summed E-state index contributed by atoms with van der Waals surface area (Å²) in [6, 6.07) is 26.6. The Morgan fingerprint density at radius 3 is 2.19 bits per heavy atom. The van der Waals surface area contributed by atoms with Crippen molar-refractivity contribution in [2.45, 2.75) is 6.61 Å². The minimum atomic E-state index is 0.547. The first-order chi connectivity index (χ1) is 10.3. The van der Waals surface area contributed by atoms with Crippen molar-refractivity contribution in [3.8, 4) is 16.9 Å². The molecule has 0 aliphatic carbocycles. The second kappa shape index (κ2) is 6.59. The van der Waals surface area contributed by atoms with Crippen molar-refractivity contribution in [1.29, 1.82) is 0 Å². The third-order valence-corrected chi connectivity index (χ3v) is 4.09. The molecule has 0 aliphatic rings. The van der Waals surface area contributed by atoms with Crippen LogP contribution >= 0.6 is 15.9 Å². The van der Waals surface area contributed by atoms with Gasteiger partial charge in [0.1, 0.15) is 12.4 Å². The molecule has 0 bridgehead atoms. The van der Waals surface area contributed by atoms with E-state index in [-0.39, 0.29) is 0 Å².